The number of likely N-dealkylation sites (N-methyl/N-ethyl adjacent to an activating group) is 1. The molecule has 2 aromatic carbocycles. The molecule has 3 heteroatoms. The highest BCUT2D eigenvalue weighted by atomic mass is 16.5. The number of nitrogens with zero attached hydrogens (tertiary/aromatic N) is 1. The Bertz CT molecular complexity index is 842. The lowest BCUT2D eigenvalue weighted by atomic mass is 9.82. The van der Waals surface area contributed by atoms with Crippen molar-refractivity contribution in [2.75, 3.05) is 27.2 Å². The zero-order valence-corrected chi connectivity index (χ0v) is 16.5. The molecular formula is C24H29NO2. The van der Waals surface area contributed by atoms with Gasteiger partial charge in [-0.05, 0) is 79.5 Å². The Balaban J connectivity index is 1.39. The van der Waals surface area contributed by atoms with E-state index in [2.05, 4.69) is 48.3 Å². The molecule has 2 aliphatic rings. The maximum Gasteiger partial charge on any atom is 0.163 e. The molecule has 2 aromatic rings. The van der Waals surface area contributed by atoms with E-state index in [0.29, 0.717) is 18.1 Å². The number of carbonyl (C=O) groups is 1. The van der Waals surface area contributed by atoms with E-state index < -0.39 is 0 Å². The molecule has 0 bridgehead atoms. The van der Waals surface area contributed by atoms with Gasteiger partial charge in [-0.15, -0.1) is 0 Å². The van der Waals surface area contributed by atoms with Crippen LogP contribution in [0.15, 0.2) is 36.4 Å². The lowest BCUT2D eigenvalue weighted by Crippen LogP contribution is -2.28. The van der Waals surface area contributed by atoms with E-state index >= 15 is 0 Å². The average Bonchev–Trinajstić information content (AvgIpc) is 3.06. The Morgan fingerprint density at radius 2 is 2.04 bits per heavy atom. The Kier molecular flexibility index (Phi) is 5.31. The molecule has 0 heterocycles. The van der Waals surface area contributed by atoms with Gasteiger partial charge < -0.3 is 9.64 Å². The summed E-state index contributed by atoms with van der Waals surface area (Å²) >= 11 is 0. The minimum Gasteiger partial charge on any atom is -0.496 e. The SMILES string of the molecule is COc1cccc2c1CCCC2CN(C)CCc1ccc2c(c1)C(=O)CC2. The lowest BCUT2D eigenvalue weighted by Gasteiger charge is -2.30. The molecule has 0 saturated carbocycles. The topological polar surface area (TPSA) is 29.5 Å². The molecule has 2 aliphatic carbocycles. The van der Waals surface area contributed by atoms with Crippen LogP contribution in [0.1, 0.15) is 57.8 Å². The van der Waals surface area contributed by atoms with Crippen LogP contribution in [0, 0.1) is 0 Å². The highest BCUT2D eigenvalue weighted by Crippen LogP contribution is 2.36. The van der Waals surface area contributed by atoms with Crippen LogP contribution in [0.2, 0.25) is 0 Å². The second kappa shape index (κ2) is 7.85. The molecule has 4 rings (SSSR count). The first kappa shape index (κ1) is 18.2. The summed E-state index contributed by atoms with van der Waals surface area (Å²) in [6.45, 7) is 2.09. The van der Waals surface area contributed by atoms with Crippen molar-refractivity contribution in [1.29, 1.82) is 0 Å². The third-order valence-corrected chi connectivity index (χ3v) is 6.22. The minimum absolute atomic E-state index is 0.313. The van der Waals surface area contributed by atoms with Crippen molar-refractivity contribution >= 4 is 5.78 Å². The summed E-state index contributed by atoms with van der Waals surface area (Å²) in [7, 11) is 3.99. The summed E-state index contributed by atoms with van der Waals surface area (Å²) in [5, 5.41) is 0. The fourth-order valence-corrected chi connectivity index (χ4v) is 4.72. The first-order valence-corrected chi connectivity index (χ1v) is 10.1. The largest absolute Gasteiger partial charge is 0.496 e. The number of ether oxygens (including phenoxy) is 1. The van der Waals surface area contributed by atoms with Crippen LogP contribution in [0.5, 0.6) is 5.75 Å². The lowest BCUT2D eigenvalue weighted by molar-refractivity contribution is 0.0994. The number of carbonyl (C=O) groups excluding carboxylic acids is 1. The van der Waals surface area contributed by atoms with E-state index in [4.69, 9.17) is 4.74 Å². The smallest absolute Gasteiger partial charge is 0.163 e. The zero-order valence-electron chi connectivity index (χ0n) is 16.5. The molecule has 1 atom stereocenters. The van der Waals surface area contributed by atoms with Crippen molar-refractivity contribution in [3.8, 4) is 5.75 Å². The fourth-order valence-electron chi connectivity index (χ4n) is 4.72. The summed E-state index contributed by atoms with van der Waals surface area (Å²) in [5.74, 6) is 1.94. The molecule has 142 valence electrons. The van der Waals surface area contributed by atoms with Gasteiger partial charge in [0.2, 0.25) is 0 Å². The molecule has 1 unspecified atom stereocenters. The predicted molar refractivity (Wildman–Crippen MR) is 109 cm³/mol. The Labute approximate surface area is 162 Å². The number of aryl methyl sites for hydroxylation is 1. The number of hydrogen-bond acceptors (Lipinski definition) is 3. The molecule has 0 spiro atoms. The fraction of sp³-hybridized carbons (Fsp3) is 0.458. The van der Waals surface area contributed by atoms with E-state index in [0.717, 1.165) is 43.7 Å². The molecule has 0 amide bonds. The molecule has 3 nitrogen and oxygen atoms in total. The Morgan fingerprint density at radius 1 is 1.15 bits per heavy atom. The number of fused-ring (bicyclic) bond motifs is 2. The van der Waals surface area contributed by atoms with Crippen molar-refractivity contribution < 1.29 is 9.53 Å². The standard InChI is InChI=1S/C24H29NO2/c1-25(14-13-17-9-10-18-11-12-23(26)22(18)15-17)16-19-5-3-7-21-20(19)6-4-8-24(21)27-2/h4,6,8-10,15,19H,3,5,7,11-14,16H2,1-2H3. The van der Waals surface area contributed by atoms with Gasteiger partial charge in [0.05, 0.1) is 7.11 Å². The second-order valence-corrected chi connectivity index (χ2v) is 8.04. The zero-order chi connectivity index (χ0) is 18.8. The molecule has 0 saturated heterocycles. The number of Topliss-reactive ketones (excluding diaryl/α,β-unsaturated/α-hetero) is 1. The number of benzene rings is 2. The van der Waals surface area contributed by atoms with Crippen LogP contribution in [-0.2, 0) is 19.3 Å². The van der Waals surface area contributed by atoms with Gasteiger partial charge in [-0.25, -0.2) is 0 Å². The van der Waals surface area contributed by atoms with Gasteiger partial charge >= 0.3 is 0 Å². The molecule has 27 heavy (non-hydrogen) atoms. The molecule has 0 aromatic heterocycles. The predicted octanol–water partition coefficient (Wildman–Crippen LogP) is 4.42. The summed E-state index contributed by atoms with van der Waals surface area (Å²) in [6, 6.07) is 13.0. The first-order valence-electron chi connectivity index (χ1n) is 10.1. The molecular weight excluding hydrogens is 334 g/mol. The van der Waals surface area contributed by atoms with Crippen molar-refractivity contribution in [2.24, 2.45) is 0 Å². The van der Waals surface area contributed by atoms with Crippen molar-refractivity contribution in [3.05, 3.63) is 64.2 Å². The third kappa shape index (κ3) is 3.79. The van der Waals surface area contributed by atoms with Gasteiger partial charge in [0.1, 0.15) is 5.75 Å². The van der Waals surface area contributed by atoms with E-state index in [1.54, 1.807) is 7.11 Å². The highest BCUT2D eigenvalue weighted by Gasteiger charge is 2.24. The van der Waals surface area contributed by atoms with Crippen LogP contribution in [0.4, 0.5) is 0 Å². The summed E-state index contributed by atoms with van der Waals surface area (Å²) < 4.78 is 5.58. The minimum atomic E-state index is 0.313. The maximum absolute atomic E-state index is 12.0. The van der Waals surface area contributed by atoms with Crippen molar-refractivity contribution in [2.45, 2.75) is 44.4 Å². The Morgan fingerprint density at radius 3 is 2.89 bits per heavy atom. The third-order valence-electron chi connectivity index (χ3n) is 6.22. The maximum atomic E-state index is 12.0. The number of ketones is 1. The van der Waals surface area contributed by atoms with Crippen molar-refractivity contribution in [1.82, 2.24) is 4.90 Å². The number of hydrogen-bond donors (Lipinski definition) is 0. The van der Waals surface area contributed by atoms with E-state index in [-0.39, 0.29) is 0 Å². The normalized spacial score (nSPS) is 18.5. The Hall–Kier alpha value is -2.13. The quantitative estimate of drug-likeness (QED) is 0.761. The summed E-state index contributed by atoms with van der Waals surface area (Å²) in [6.07, 6.45) is 6.20. The van der Waals surface area contributed by atoms with E-state index in [1.807, 2.05) is 0 Å². The highest BCUT2D eigenvalue weighted by molar-refractivity contribution is 6.00. The first-order chi connectivity index (χ1) is 13.2. The van der Waals surface area contributed by atoms with E-state index in [9.17, 15) is 4.79 Å². The van der Waals surface area contributed by atoms with Crippen molar-refractivity contribution in [3.63, 3.8) is 0 Å². The summed E-state index contributed by atoms with van der Waals surface area (Å²) in [4.78, 5) is 14.4. The number of rotatable bonds is 6. The van der Waals surface area contributed by atoms with E-state index in [1.165, 1.54) is 35.1 Å². The van der Waals surface area contributed by atoms with Gasteiger partial charge in [-0.2, -0.15) is 0 Å². The van der Waals surface area contributed by atoms with Gasteiger partial charge in [0, 0.05) is 25.1 Å². The van der Waals surface area contributed by atoms with Gasteiger partial charge in [0.15, 0.2) is 5.78 Å². The monoisotopic (exact) mass is 363 g/mol. The van der Waals surface area contributed by atoms with Gasteiger partial charge in [0.25, 0.3) is 0 Å². The molecule has 0 N–H and O–H groups in total. The molecule has 0 radical (unpaired) electrons. The number of methoxy groups -OCH3 is 1. The second-order valence-electron chi connectivity index (χ2n) is 8.04. The summed E-state index contributed by atoms with van der Waals surface area (Å²) in [5.41, 5.74) is 6.34. The van der Waals surface area contributed by atoms with Crippen LogP contribution >= 0.6 is 0 Å². The van der Waals surface area contributed by atoms with Gasteiger partial charge in [-0.3, -0.25) is 4.79 Å². The van der Waals surface area contributed by atoms with Crippen LogP contribution in [0.3, 0.4) is 0 Å². The van der Waals surface area contributed by atoms with Gasteiger partial charge in [-0.1, -0.05) is 24.3 Å². The van der Waals surface area contributed by atoms with Crippen LogP contribution < -0.4 is 4.74 Å². The molecule has 0 fully saturated rings. The van der Waals surface area contributed by atoms with Crippen LogP contribution in [-0.4, -0.2) is 37.9 Å². The molecule has 0 aliphatic heterocycles. The van der Waals surface area contributed by atoms with Crippen LogP contribution in [0.25, 0.3) is 0 Å². The average molecular weight is 364 g/mol.